The number of ether oxygens (including phenoxy) is 2. The van der Waals surface area contributed by atoms with Crippen LogP contribution in [0.3, 0.4) is 0 Å². The van der Waals surface area contributed by atoms with Crippen LogP contribution in [0.5, 0.6) is 0 Å². The van der Waals surface area contributed by atoms with Crippen molar-refractivity contribution in [1.29, 1.82) is 0 Å². The first-order valence-electron chi connectivity index (χ1n) is 4.19. The maximum Gasteiger partial charge on any atom is 0.333 e. The van der Waals surface area contributed by atoms with Crippen LogP contribution in [0.2, 0.25) is 0 Å². The molecule has 0 aliphatic rings. The van der Waals surface area contributed by atoms with E-state index in [0.29, 0.717) is 0 Å². The zero-order valence-electron chi connectivity index (χ0n) is 9.05. The second kappa shape index (κ2) is 4.79. The van der Waals surface area contributed by atoms with E-state index in [0.717, 1.165) is 0 Å². The van der Waals surface area contributed by atoms with Gasteiger partial charge in [0.15, 0.2) is 0 Å². The fraction of sp³-hybridized carbons (Fsp3) is 0.600. The number of rotatable bonds is 4. The molecule has 0 fully saturated rings. The number of hydrogen-bond acceptors (Lipinski definition) is 4. The van der Waals surface area contributed by atoms with Crippen molar-refractivity contribution in [2.24, 2.45) is 5.41 Å². The molecule has 0 aromatic heterocycles. The minimum atomic E-state index is -0.750. The summed E-state index contributed by atoms with van der Waals surface area (Å²) in [6, 6.07) is 0. The summed E-state index contributed by atoms with van der Waals surface area (Å²) in [5, 5.41) is 0. The van der Waals surface area contributed by atoms with Crippen LogP contribution in [0, 0.1) is 5.41 Å². The summed E-state index contributed by atoms with van der Waals surface area (Å²) >= 11 is 0. The summed E-state index contributed by atoms with van der Waals surface area (Å²) in [4.78, 5) is 22.3. The normalized spacial score (nSPS) is 10.6. The third kappa shape index (κ3) is 3.20. The summed E-state index contributed by atoms with van der Waals surface area (Å²) in [6.45, 7) is 6.92. The van der Waals surface area contributed by atoms with E-state index in [4.69, 9.17) is 0 Å². The van der Waals surface area contributed by atoms with Gasteiger partial charge in [-0.25, -0.2) is 4.79 Å². The smallest absolute Gasteiger partial charge is 0.333 e. The van der Waals surface area contributed by atoms with Gasteiger partial charge in [0.1, 0.15) is 0 Å². The second-order valence-electron chi connectivity index (χ2n) is 3.65. The monoisotopic (exact) mass is 200 g/mol. The quantitative estimate of drug-likeness (QED) is 0.507. The van der Waals surface area contributed by atoms with Gasteiger partial charge in [-0.15, -0.1) is 0 Å². The molecule has 80 valence electrons. The van der Waals surface area contributed by atoms with Crippen molar-refractivity contribution in [3.8, 4) is 0 Å². The number of esters is 2. The van der Waals surface area contributed by atoms with Gasteiger partial charge in [-0.2, -0.15) is 0 Å². The molecule has 0 aliphatic heterocycles. The number of hydrogen-bond donors (Lipinski definition) is 0. The van der Waals surface area contributed by atoms with E-state index in [9.17, 15) is 9.59 Å². The minimum Gasteiger partial charge on any atom is -0.469 e. The van der Waals surface area contributed by atoms with Gasteiger partial charge in [0.2, 0.25) is 0 Å². The zero-order valence-corrected chi connectivity index (χ0v) is 9.05. The van der Waals surface area contributed by atoms with Crippen molar-refractivity contribution < 1.29 is 19.1 Å². The Balaban J connectivity index is 4.44. The summed E-state index contributed by atoms with van der Waals surface area (Å²) in [5.74, 6) is -0.871. The zero-order chi connectivity index (χ0) is 11.4. The number of methoxy groups -OCH3 is 2. The maximum atomic E-state index is 11.3. The van der Waals surface area contributed by atoms with Gasteiger partial charge in [-0.05, 0) is 20.3 Å². The molecule has 0 aliphatic carbocycles. The van der Waals surface area contributed by atoms with Gasteiger partial charge in [-0.1, -0.05) is 6.58 Å². The van der Waals surface area contributed by atoms with Gasteiger partial charge >= 0.3 is 11.9 Å². The Labute approximate surface area is 83.9 Å². The molecule has 0 radical (unpaired) electrons. The van der Waals surface area contributed by atoms with Crippen LogP contribution in [0.25, 0.3) is 0 Å². The molecular formula is C10H16O4. The topological polar surface area (TPSA) is 52.6 Å². The van der Waals surface area contributed by atoms with E-state index >= 15 is 0 Å². The number of carbonyl (C=O) groups is 2. The predicted octanol–water partition coefficient (Wildman–Crippen LogP) is 1.30. The Bertz CT molecular complexity index is 253. The fourth-order valence-electron chi connectivity index (χ4n) is 1.10. The molecule has 0 saturated carbocycles. The lowest BCUT2D eigenvalue weighted by Crippen LogP contribution is -2.27. The molecule has 4 heteroatoms. The molecule has 0 bridgehead atoms. The first kappa shape index (κ1) is 12.7. The summed E-state index contributed by atoms with van der Waals surface area (Å²) < 4.78 is 9.08. The highest BCUT2D eigenvalue weighted by atomic mass is 16.5. The van der Waals surface area contributed by atoms with Gasteiger partial charge in [0, 0.05) is 5.57 Å². The van der Waals surface area contributed by atoms with Gasteiger partial charge in [-0.3, -0.25) is 4.79 Å². The molecule has 0 unspecified atom stereocenters. The third-order valence-electron chi connectivity index (χ3n) is 1.87. The average molecular weight is 200 g/mol. The van der Waals surface area contributed by atoms with Crippen molar-refractivity contribution in [3.63, 3.8) is 0 Å². The summed E-state index contributed by atoms with van der Waals surface area (Å²) in [6.07, 6.45) is 0.229. The van der Waals surface area contributed by atoms with E-state index < -0.39 is 11.4 Å². The Morgan fingerprint density at radius 3 is 2.07 bits per heavy atom. The van der Waals surface area contributed by atoms with Crippen molar-refractivity contribution in [2.45, 2.75) is 20.3 Å². The third-order valence-corrected chi connectivity index (χ3v) is 1.87. The Hall–Kier alpha value is -1.32. The van der Waals surface area contributed by atoms with E-state index in [1.165, 1.54) is 14.2 Å². The highest BCUT2D eigenvalue weighted by Crippen LogP contribution is 2.26. The fourth-order valence-corrected chi connectivity index (χ4v) is 1.10. The lowest BCUT2D eigenvalue weighted by atomic mass is 9.86. The molecule has 0 rings (SSSR count). The average Bonchev–Trinajstić information content (AvgIpc) is 2.14. The van der Waals surface area contributed by atoms with Crippen molar-refractivity contribution >= 4 is 11.9 Å². The Kier molecular flexibility index (Phi) is 4.34. The Morgan fingerprint density at radius 1 is 1.21 bits per heavy atom. The molecule has 0 spiro atoms. The molecular weight excluding hydrogens is 184 g/mol. The molecule has 0 saturated heterocycles. The summed E-state index contributed by atoms with van der Waals surface area (Å²) in [5.41, 5.74) is -0.483. The molecule has 0 N–H and O–H groups in total. The molecule has 0 atom stereocenters. The molecule has 4 nitrogen and oxygen atoms in total. The highest BCUT2D eigenvalue weighted by Gasteiger charge is 2.31. The summed E-state index contributed by atoms with van der Waals surface area (Å²) in [7, 11) is 2.59. The van der Waals surface area contributed by atoms with E-state index in [1.54, 1.807) is 13.8 Å². The van der Waals surface area contributed by atoms with Crippen LogP contribution in [0.4, 0.5) is 0 Å². The van der Waals surface area contributed by atoms with E-state index in [-0.39, 0.29) is 18.0 Å². The van der Waals surface area contributed by atoms with Crippen molar-refractivity contribution in [1.82, 2.24) is 0 Å². The van der Waals surface area contributed by atoms with Crippen LogP contribution in [-0.4, -0.2) is 26.2 Å². The minimum absolute atomic E-state index is 0.229. The van der Waals surface area contributed by atoms with E-state index in [1.807, 2.05) is 0 Å². The molecule has 14 heavy (non-hydrogen) atoms. The highest BCUT2D eigenvalue weighted by molar-refractivity contribution is 5.89. The van der Waals surface area contributed by atoms with Crippen LogP contribution < -0.4 is 0 Å². The largest absolute Gasteiger partial charge is 0.469 e. The van der Waals surface area contributed by atoms with Crippen LogP contribution in [0.1, 0.15) is 20.3 Å². The van der Waals surface area contributed by atoms with Crippen LogP contribution in [0.15, 0.2) is 12.2 Å². The number of carbonyl (C=O) groups excluding carboxylic acids is 2. The molecule has 0 amide bonds. The second-order valence-corrected chi connectivity index (χ2v) is 3.65. The molecule has 0 aromatic carbocycles. The van der Waals surface area contributed by atoms with Gasteiger partial charge < -0.3 is 9.47 Å². The first-order valence-corrected chi connectivity index (χ1v) is 4.19. The van der Waals surface area contributed by atoms with Gasteiger partial charge in [0.25, 0.3) is 0 Å². The Morgan fingerprint density at radius 2 is 1.71 bits per heavy atom. The first-order chi connectivity index (χ1) is 6.35. The predicted molar refractivity (Wildman–Crippen MR) is 51.6 cm³/mol. The molecule has 0 heterocycles. The van der Waals surface area contributed by atoms with E-state index in [2.05, 4.69) is 16.1 Å². The van der Waals surface area contributed by atoms with Crippen molar-refractivity contribution in [3.05, 3.63) is 12.2 Å². The SMILES string of the molecule is C=C(CC(C)(C)C(=O)OC)C(=O)OC. The molecule has 0 aromatic rings. The lowest BCUT2D eigenvalue weighted by molar-refractivity contribution is -0.150. The van der Waals surface area contributed by atoms with Crippen LogP contribution >= 0.6 is 0 Å². The van der Waals surface area contributed by atoms with Gasteiger partial charge in [0.05, 0.1) is 19.6 Å². The van der Waals surface area contributed by atoms with Crippen molar-refractivity contribution in [2.75, 3.05) is 14.2 Å². The standard InChI is InChI=1S/C10H16O4/c1-7(8(11)13-4)6-10(2,3)9(12)14-5/h1,6H2,2-5H3. The lowest BCUT2D eigenvalue weighted by Gasteiger charge is -2.21. The van der Waals surface area contributed by atoms with Crippen LogP contribution in [-0.2, 0) is 19.1 Å². The maximum absolute atomic E-state index is 11.3.